The van der Waals surface area contributed by atoms with Crippen molar-refractivity contribution in [3.8, 4) is 0 Å². The summed E-state index contributed by atoms with van der Waals surface area (Å²) in [6.07, 6.45) is 0. The fourth-order valence-electron chi connectivity index (χ4n) is 2.12. The van der Waals surface area contributed by atoms with E-state index in [-0.39, 0.29) is 12.6 Å². The van der Waals surface area contributed by atoms with E-state index in [4.69, 9.17) is 5.11 Å². The Hall–Kier alpha value is -1.87. The smallest absolute Gasteiger partial charge is 0.260 e. The quantitative estimate of drug-likeness (QED) is 0.760. The van der Waals surface area contributed by atoms with Gasteiger partial charge in [-0.15, -0.1) is 0 Å². The lowest BCUT2D eigenvalue weighted by Crippen LogP contribution is -2.27. The monoisotopic (exact) mass is 199 g/mol. The highest BCUT2D eigenvalue weighted by atomic mass is 16.3. The van der Waals surface area contributed by atoms with E-state index in [1.54, 1.807) is 6.07 Å². The van der Waals surface area contributed by atoms with Gasteiger partial charge >= 0.3 is 0 Å². The van der Waals surface area contributed by atoms with Crippen LogP contribution in [0, 0.1) is 0 Å². The number of anilines is 1. The number of benzene rings is 2. The molecule has 1 amide bonds. The topological polar surface area (TPSA) is 40.5 Å². The summed E-state index contributed by atoms with van der Waals surface area (Å²) in [5.41, 5.74) is 1.48. The first-order valence-corrected chi connectivity index (χ1v) is 4.77. The molecule has 0 aromatic heterocycles. The summed E-state index contributed by atoms with van der Waals surface area (Å²) in [5, 5.41) is 11.1. The van der Waals surface area contributed by atoms with Gasteiger partial charge in [-0.25, -0.2) is 0 Å². The van der Waals surface area contributed by atoms with Crippen LogP contribution in [0.4, 0.5) is 5.69 Å². The second kappa shape index (κ2) is 2.81. The van der Waals surface area contributed by atoms with Crippen molar-refractivity contribution in [2.45, 2.75) is 0 Å². The van der Waals surface area contributed by atoms with Crippen LogP contribution in [0.15, 0.2) is 36.4 Å². The van der Waals surface area contributed by atoms with E-state index in [1.807, 2.05) is 30.3 Å². The summed E-state index contributed by atoms with van der Waals surface area (Å²) >= 11 is 0. The molecular weight excluding hydrogens is 190 g/mol. The molecule has 0 saturated heterocycles. The number of carbonyl (C=O) groups is 1. The molecule has 0 unspecified atom stereocenters. The zero-order chi connectivity index (χ0) is 10.4. The SMILES string of the molecule is O=C1c2cccc3cccc(c23)N1CO. The largest absolute Gasteiger partial charge is 0.376 e. The summed E-state index contributed by atoms with van der Waals surface area (Å²) in [7, 11) is 0. The lowest BCUT2D eigenvalue weighted by atomic mass is 10.1. The molecule has 1 heterocycles. The van der Waals surface area contributed by atoms with Crippen molar-refractivity contribution in [2.75, 3.05) is 11.6 Å². The van der Waals surface area contributed by atoms with Crippen molar-refractivity contribution in [2.24, 2.45) is 0 Å². The molecule has 15 heavy (non-hydrogen) atoms. The summed E-state index contributed by atoms with van der Waals surface area (Å²) in [6, 6.07) is 11.3. The van der Waals surface area contributed by atoms with Crippen LogP contribution in [-0.4, -0.2) is 17.7 Å². The first kappa shape index (κ1) is 8.44. The molecule has 1 aliphatic heterocycles. The molecule has 3 rings (SSSR count). The average molecular weight is 199 g/mol. The van der Waals surface area contributed by atoms with E-state index in [2.05, 4.69) is 0 Å². The highest BCUT2D eigenvalue weighted by Gasteiger charge is 2.28. The maximum absolute atomic E-state index is 11.9. The number of rotatable bonds is 1. The van der Waals surface area contributed by atoms with Gasteiger partial charge in [-0.05, 0) is 17.5 Å². The molecule has 0 bridgehead atoms. The van der Waals surface area contributed by atoms with E-state index in [0.29, 0.717) is 5.56 Å². The minimum Gasteiger partial charge on any atom is -0.376 e. The summed E-state index contributed by atoms with van der Waals surface area (Å²) < 4.78 is 0. The van der Waals surface area contributed by atoms with Gasteiger partial charge in [-0.3, -0.25) is 9.69 Å². The maximum Gasteiger partial charge on any atom is 0.260 e. The number of carbonyl (C=O) groups excluding carboxylic acids is 1. The predicted molar refractivity (Wildman–Crippen MR) is 57.8 cm³/mol. The van der Waals surface area contributed by atoms with Crippen LogP contribution >= 0.6 is 0 Å². The molecule has 0 radical (unpaired) electrons. The molecule has 1 N–H and O–H groups in total. The number of hydrogen-bond donors (Lipinski definition) is 1. The van der Waals surface area contributed by atoms with Crippen LogP contribution in [0.25, 0.3) is 10.8 Å². The molecule has 3 nitrogen and oxygen atoms in total. The molecule has 0 fully saturated rings. The minimum absolute atomic E-state index is 0.121. The second-order valence-electron chi connectivity index (χ2n) is 3.56. The fraction of sp³-hybridized carbons (Fsp3) is 0.0833. The molecule has 0 spiro atoms. The summed E-state index contributed by atoms with van der Waals surface area (Å²) in [6.45, 7) is -0.271. The molecule has 0 saturated carbocycles. The van der Waals surface area contributed by atoms with E-state index in [1.165, 1.54) is 4.90 Å². The minimum atomic E-state index is -0.271. The maximum atomic E-state index is 11.9. The summed E-state index contributed by atoms with van der Waals surface area (Å²) in [4.78, 5) is 13.3. The Morgan fingerprint density at radius 3 is 2.60 bits per heavy atom. The van der Waals surface area contributed by atoms with E-state index in [9.17, 15) is 4.79 Å². The normalized spacial score (nSPS) is 13.9. The highest BCUT2D eigenvalue weighted by molar-refractivity contribution is 6.24. The van der Waals surface area contributed by atoms with Gasteiger partial charge in [-0.1, -0.05) is 24.3 Å². The zero-order valence-electron chi connectivity index (χ0n) is 7.97. The first-order valence-electron chi connectivity index (χ1n) is 4.77. The van der Waals surface area contributed by atoms with E-state index >= 15 is 0 Å². The van der Waals surface area contributed by atoms with Crippen LogP contribution in [0.1, 0.15) is 10.4 Å². The van der Waals surface area contributed by atoms with Crippen LogP contribution in [-0.2, 0) is 0 Å². The molecule has 0 aliphatic carbocycles. The van der Waals surface area contributed by atoms with Crippen LogP contribution in [0.2, 0.25) is 0 Å². The standard InChI is InChI=1S/C12H9NO2/c14-7-13-10-6-2-4-8-3-1-5-9(11(8)10)12(13)15/h1-6,14H,7H2. The first-order chi connectivity index (χ1) is 7.33. The number of amides is 1. The molecule has 1 aliphatic rings. The number of aliphatic hydroxyl groups excluding tert-OH is 1. The molecule has 74 valence electrons. The molecule has 3 heteroatoms. The molecule has 0 atom stereocenters. The van der Waals surface area contributed by atoms with Gasteiger partial charge in [0.1, 0.15) is 6.73 Å². The number of aliphatic hydroxyl groups is 1. The lowest BCUT2D eigenvalue weighted by molar-refractivity contribution is 0.0967. The van der Waals surface area contributed by atoms with Crippen molar-refractivity contribution in [3.63, 3.8) is 0 Å². The number of nitrogens with zero attached hydrogens (tertiary/aromatic N) is 1. The molecule has 2 aromatic rings. The Morgan fingerprint density at radius 2 is 1.87 bits per heavy atom. The Morgan fingerprint density at radius 1 is 1.13 bits per heavy atom. The van der Waals surface area contributed by atoms with Gasteiger partial charge < -0.3 is 5.11 Å². The zero-order valence-corrected chi connectivity index (χ0v) is 7.97. The van der Waals surface area contributed by atoms with Gasteiger partial charge in [0.05, 0.1) is 5.69 Å². The van der Waals surface area contributed by atoms with E-state index < -0.39 is 0 Å². The number of hydrogen-bond acceptors (Lipinski definition) is 2. The van der Waals surface area contributed by atoms with E-state index in [0.717, 1.165) is 16.5 Å². The van der Waals surface area contributed by atoms with Crippen LogP contribution < -0.4 is 4.90 Å². The van der Waals surface area contributed by atoms with Crippen molar-refractivity contribution < 1.29 is 9.90 Å². The van der Waals surface area contributed by atoms with Crippen molar-refractivity contribution in [3.05, 3.63) is 42.0 Å². The fourth-order valence-corrected chi connectivity index (χ4v) is 2.12. The Balaban J connectivity index is 2.45. The van der Waals surface area contributed by atoms with Crippen molar-refractivity contribution in [1.29, 1.82) is 0 Å². The summed E-state index contributed by atoms with van der Waals surface area (Å²) in [5.74, 6) is -0.121. The average Bonchev–Trinajstić information content (AvgIpc) is 2.55. The third kappa shape index (κ3) is 0.954. The predicted octanol–water partition coefficient (Wildman–Crippen LogP) is 1.75. The molecule has 2 aromatic carbocycles. The van der Waals surface area contributed by atoms with Gasteiger partial charge in [0.25, 0.3) is 5.91 Å². The van der Waals surface area contributed by atoms with Gasteiger partial charge in [-0.2, -0.15) is 0 Å². The van der Waals surface area contributed by atoms with Gasteiger partial charge in [0, 0.05) is 10.9 Å². The Labute approximate surface area is 86.6 Å². The van der Waals surface area contributed by atoms with Crippen molar-refractivity contribution >= 4 is 22.4 Å². The van der Waals surface area contributed by atoms with Crippen LogP contribution in [0.3, 0.4) is 0 Å². The van der Waals surface area contributed by atoms with Crippen molar-refractivity contribution in [1.82, 2.24) is 0 Å². The Bertz CT molecular complexity index is 557. The van der Waals surface area contributed by atoms with Gasteiger partial charge in [0.2, 0.25) is 0 Å². The molecular formula is C12H9NO2. The second-order valence-corrected chi connectivity index (χ2v) is 3.56. The third-order valence-electron chi connectivity index (χ3n) is 2.79. The third-order valence-corrected chi connectivity index (χ3v) is 2.79. The Kier molecular flexibility index (Phi) is 1.58. The van der Waals surface area contributed by atoms with Gasteiger partial charge in [0.15, 0.2) is 0 Å². The van der Waals surface area contributed by atoms with Crippen LogP contribution in [0.5, 0.6) is 0 Å². The lowest BCUT2D eigenvalue weighted by Gasteiger charge is -2.12. The highest BCUT2D eigenvalue weighted by Crippen LogP contribution is 2.36.